The molecule has 0 radical (unpaired) electrons. The third-order valence-electron chi connectivity index (χ3n) is 4.84. The van der Waals surface area contributed by atoms with E-state index < -0.39 is 0 Å². The lowest BCUT2D eigenvalue weighted by atomic mass is 10.1. The highest BCUT2D eigenvalue weighted by Crippen LogP contribution is 2.24. The van der Waals surface area contributed by atoms with Crippen molar-refractivity contribution in [2.24, 2.45) is 0 Å². The first-order valence-electron chi connectivity index (χ1n) is 8.90. The summed E-state index contributed by atoms with van der Waals surface area (Å²) in [5.74, 6) is 0.694. The zero-order valence-electron chi connectivity index (χ0n) is 15.2. The number of anilines is 1. The number of amides is 2. The van der Waals surface area contributed by atoms with E-state index in [1.807, 2.05) is 49.4 Å². The molecular weight excluding hydrogens is 328 g/mol. The summed E-state index contributed by atoms with van der Waals surface area (Å²) in [5, 5.41) is 0. The van der Waals surface area contributed by atoms with Crippen molar-refractivity contribution >= 4 is 17.5 Å². The zero-order chi connectivity index (χ0) is 18.5. The van der Waals surface area contributed by atoms with Crippen LogP contribution < -0.4 is 9.64 Å². The third kappa shape index (κ3) is 4.04. The molecule has 136 valence electrons. The molecule has 0 N–H and O–H groups in total. The Bertz CT molecular complexity index is 759. The summed E-state index contributed by atoms with van der Waals surface area (Å²) < 4.78 is 5.62. The minimum atomic E-state index is -0.0832. The second-order valence-electron chi connectivity index (χ2n) is 6.52. The number of ether oxygens (including phenoxy) is 1. The molecule has 0 bridgehead atoms. The van der Waals surface area contributed by atoms with Crippen LogP contribution in [0.4, 0.5) is 5.69 Å². The smallest absolute Gasteiger partial charge is 0.260 e. The Morgan fingerprint density at radius 1 is 1.15 bits per heavy atom. The molecule has 1 saturated heterocycles. The van der Waals surface area contributed by atoms with Gasteiger partial charge in [0.2, 0.25) is 5.91 Å². The van der Waals surface area contributed by atoms with Gasteiger partial charge in [0.05, 0.1) is 6.04 Å². The van der Waals surface area contributed by atoms with Crippen LogP contribution in [0.1, 0.15) is 31.4 Å². The first-order chi connectivity index (χ1) is 12.6. The van der Waals surface area contributed by atoms with Crippen molar-refractivity contribution in [1.82, 2.24) is 4.90 Å². The Kier molecular flexibility index (Phi) is 5.56. The quantitative estimate of drug-likeness (QED) is 0.800. The average molecular weight is 352 g/mol. The SMILES string of the molecule is C[C@H](c1ccccc1)N(C)C(=O)COc1ccc(N2CCCC2=O)cc1. The van der Waals surface area contributed by atoms with E-state index >= 15 is 0 Å². The highest BCUT2D eigenvalue weighted by Gasteiger charge is 2.21. The van der Waals surface area contributed by atoms with Crippen molar-refractivity contribution in [3.63, 3.8) is 0 Å². The van der Waals surface area contributed by atoms with Gasteiger partial charge in [0.25, 0.3) is 5.91 Å². The number of likely N-dealkylation sites (N-methyl/N-ethyl adjacent to an activating group) is 1. The molecule has 1 fully saturated rings. The number of nitrogens with zero attached hydrogens (tertiary/aromatic N) is 2. The van der Waals surface area contributed by atoms with Crippen LogP contribution in [0.3, 0.4) is 0 Å². The van der Waals surface area contributed by atoms with E-state index in [1.165, 1.54) is 0 Å². The second-order valence-corrected chi connectivity index (χ2v) is 6.52. The monoisotopic (exact) mass is 352 g/mol. The Hall–Kier alpha value is -2.82. The summed E-state index contributed by atoms with van der Waals surface area (Å²) >= 11 is 0. The largest absolute Gasteiger partial charge is 0.484 e. The van der Waals surface area contributed by atoms with Crippen molar-refractivity contribution in [2.45, 2.75) is 25.8 Å². The molecule has 0 saturated carbocycles. The van der Waals surface area contributed by atoms with Crippen LogP contribution in [-0.2, 0) is 9.59 Å². The lowest BCUT2D eigenvalue weighted by Gasteiger charge is -2.25. The highest BCUT2D eigenvalue weighted by atomic mass is 16.5. The molecule has 1 aliphatic rings. The Morgan fingerprint density at radius 2 is 1.85 bits per heavy atom. The topological polar surface area (TPSA) is 49.9 Å². The van der Waals surface area contributed by atoms with Crippen molar-refractivity contribution in [1.29, 1.82) is 0 Å². The molecule has 0 aromatic heterocycles. The van der Waals surface area contributed by atoms with E-state index in [4.69, 9.17) is 4.74 Å². The number of rotatable bonds is 6. The molecule has 1 heterocycles. The maximum atomic E-state index is 12.4. The molecule has 0 unspecified atom stereocenters. The van der Waals surface area contributed by atoms with Crippen LogP contribution in [0, 0.1) is 0 Å². The van der Waals surface area contributed by atoms with Gasteiger partial charge in [0.15, 0.2) is 6.61 Å². The van der Waals surface area contributed by atoms with Crippen LogP contribution >= 0.6 is 0 Å². The predicted molar refractivity (Wildman–Crippen MR) is 101 cm³/mol. The van der Waals surface area contributed by atoms with Crippen molar-refractivity contribution in [2.75, 3.05) is 25.1 Å². The Labute approximate surface area is 154 Å². The van der Waals surface area contributed by atoms with Gasteiger partial charge in [0.1, 0.15) is 5.75 Å². The van der Waals surface area contributed by atoms with E-state index in [0.29, 0.717) is 12.2 Å². The van der Waals surface area contributed by atoms with Gasteiger partial charge >= 0.3 is 0 Å². The molecule has 2 aromatic carbocycles. The van der Waals surface area contributed by atoms with Crippen molar-refractivity contribution in [3.05, 3.63) is 60.2 Å². The highest BCUT2D eigenvalue weighted by molar-refractivity contribution is 5.95. The maximum absolute atomic E-state index is 12.4. The lowest BCUT2D eigenvalue weighted by Crippen LogP contribution is -2.33. The van der Waals surface area contributed by atoms with Gasteiger partial charge in [-0.25, -0.2) is 0 Å². The summed E-state index contributed by atoms with van der Waals surface area (Å²) in [7, 11) is 1.78. The summed E-state index contributed by atoms with van der Waals surface area (Å²) in [6, 6.07) is 17.2. The van der Waals surface area contributed by atoms with Gasteiger partial charge in [0, 0.05) is 25.7 Å². The fraction of sp³-hybridized carbons (Fsp3) is 0.333. The number of hydrogen-bond acceptors (Lipinski definition) is 3. The van der Waals surface area contributed by atoms with E-state index in [1.54, 1.807) is 29.0 Å². The Balaban J connectivity index is 1.55. The predicted octanol–water partition coefficient (Wildman–Crippen LogP) is 3.41. The third-order valence-corrected chi connectivity index (χ3v) is 4.84. The van der Waals surface area contributed by atoms with E-state index in [9.17, 15) is 9.59 Å². The van der Waals surface area contributed by atoms with Gasteiger partial charge in [-0.1, -0.05) is 30.3 Å². The van der Waals surface area contributed by atoms with Crippen LogP contribution in [0.15, 0.2) is 54.6 Å². The molecule has 2 amide bonds. The number of benzene rings is 2. The molecule has 0 spiro atoms. The second kappa shape index (κ2) is 8.04. The van der Waals surface area contributed by atoms with Crippen molar-refractivity contribution in [3.8, 4) is 5.75 Å². The summed E-state index contributed by atoms with van der Waals surface area (Å²) in [6.45, 7) is 2.74. The first kappa shape index (κ1) is 18.0. The fourth-order valence-electron chi connectivity index (χ4n) is 3.06. The van der Waals surface area contributed by atoms with Gasteiger partial charge in [-0.3, -0.25) is 9.59 Å². The number of hydrogen-bond donors (Lipinski definition) is 0. The summed E-state index contributed by atoms with van der Waals surface area (Å²) in [5.41, 5.74) is 1.96. The van der Waals surface area contributed by atoms with E-state index in [-0.39, 0.29) is 24.5 Å². The van der Waals surface area contributed by atoms with Crippen LogP contribution in [0.5, 0.6) is 5.75 Å². The molecule has 3 rings (SSSR count). The fourth-order valence-corrected chi connectivity index (χ4v) is 3.06. The average Bonchev–Trinajstić information content (AvgIpc) is 3.12. The van der Waals surface area contributed by atoms with Gasteiger partial charge in [-0.2, -0.15) is 0 Å². The molecule has 0 aliphatic carbocycles. The lowest BCUT2D eigenvalue weighted by molar-refractivity contribution is -0.134. The van der Waals surface area contributed by atoms with Crippen LogP contribution in [0.2, 0.25) is 0 Å². The van der Waals surface area contributed by atoms with Gasteiger partial charge in [-0.15, -0.1) is 0 Å². The summed E-state index contributed by atoms with van der Waals surface area (Å²) in [4.78, 5) is 27.6. The Morgan fingerprint density at radius 3 is 2.46 bits per heavy atom. The van der Waals surface area contributed by atoms with E-state index in [2.05, 4.69) is 0 Å². The first-order valence-corrected chi connectivity index (χ1v) is 8.90. The molecule has 5 heteroatoms. The maximum Gasteiger partial charge on any atom is 0.260 e. The summed E-state index contributed by atoms with van der Waals surface area (Å²) in [6.07, 6.45) is 1.51. The number of carbonyl (C=O) groups excluding carboxylic acids is 2. The van der Waals surface area contributed by atoms with Crippen LogP contribution in [-0.4, -0.2) is 36.9 Å². The minimum absolute atomic E-state index is 0.0177. The van der Waals surface area contributed by atoms with Crippen LogP contribution in [0.25, 0.3) is 0 Å². The molecule has 1 atom stereocenters. The number of carbonyl (C=O) groups is 2. The molecule has 5 nitrogen and oxygen atoms in total. The van der Waals surface area contributed by atoms with Gasteiger partial charge in [-0.05, 0) is 43.2 Å². The van der Waals surface area contributed by atoms with Crippen molar-refractivity contribution < 1.29 is 14.3 Å². The minimum Gasteiger partial charge on any atom is -0.484 e. The standard InChI is InChI=1S/C21H24N2O3/c1-16(17-7-4-3-5-8-17)22(2)21(25)15-26-19-12-10-18(11-13-19)23-14-6-9-20(23)24/h3-5,7-8,10-13,16H,6,9,14-15H2,1-2H3/t16-/m1/s1. The van der Waals surface area contributed by atoms with E-state index in [0.717, 1.165) is 24.2 Å². The molecule has 1 aliphatic heterocycles. The molecule has 26 heavy (non-hydrogen) atoms. The molecule has 2 aromatic rings. The zero-order valence-corrected chi connectivity index (χ0v) is 15.2. The van der Waals surface area contributed by atoms with Gasteiger partial charge < -0.3 is 14.5 Å². The normalized spacial score (nSPS) is 15.0. The molecular formula is C21H24N2O3.